The Morgan fingerprint density at radius 2 is 1.59 bits per heavy atom. The number of carbonyl (C=O) groups excluding carboxylic acids is 1. The smallest absolute Gasteiger partial charge is 0.223 e. The molecule has 5 nitrogen and oxygen atoms in total. The lowest BCUT2D eigenvalue weighted by Crippen LogP contribution is -2.38. The number of hydrogen-bond acceptors (Lipinski definition) is 4. The second-order valence-corrected chi connectivity index (χ2v) is 10.5. The van der Waals surface area contributed by atoms with Gasteiger partial charge >= 0.3 is 0 Å². The summed E-state index contributed by atoms with van der Waals surface area (Å²) in [4.78, 5) is 10.8. The van der Waals surface area contributed by atoms with Crippen molar-refractivity contribution in [2.45, 2.75) is 119 Å². The number of primary amides is 1. The van der Waals surface area contributed by atoms with E-state index in [4.69, 9.17) is 23.1 Å². The Morgan fingerprint density at radius 1 is 1.10 bits per heavy atom. The van der Waals surface area contributed by atoms with Gasteiger partial charge in [0.25, 0.3) is 0 Å². The number of nitrogens with two attached hydrogens (primary N) is 1. The van der Waals surface area contributed by atoms with Gasteiger partial charge in [0.05, 0.1) is 24.4 Å². The maximum Gasteiger partial charge on any atom is 0.223 e. The molecule has 0 aromatic rings. The van der Waals surface area contributed by atoms with Crippen LogP contribution in [0.15, 0.2) is 0 Å². The van der Waals surface area contributed by atoms with Crippen LogP contribution in [0.3, 0.4) is 0 Å². The molecule has 2 radical (unpaired) electrons. The third kappa shape index (κ3) is 20.5. The van der Waals surface area contributed by atoms with Gasteiger partial charge in [-0.15, -0.1) is 0 Å². The number of amides is 1. The summed E-state index contributed by atoms with van der Waals surface area (Å²) in [5.74, 6) is 1.37. The van der Waals surface area contributed by atoms with E-state index < -0.39 is 11.0 Å². The lowest BCUT2D eigenvalue weighted by Gasteiger charge is -2.28. The average molecular weight is 413 g/mol. The van der Waals surface area contributed by atoms with Gasteiger partial charge in [0, 0.05) is 11.4 Å². The van der Waals surface area contributed by atoms with E-state index >= 15 is 0 Å². The molecule has 0 bridgehead atoms. The molecular formula is C23H48BNO4. The van der Waals surface area contributed by atoms with Gasteiger partial charge in [-0.25, -0.2) is 0 Å². The van der Waals surface area contributed by atoms with Crippen LogP contribution in [0.25, 0.3) is 0 Å². The average Bonchev–Trinajstić information content (AvgIpc) is 2.88. The van der Waals surface area contributed by atoms with Crippen molar-refractivity contribution in [2.24, 2.45) is 23.0 Å². The van der Waals surface area contributed by atoms with Gasteiger partial charge < -0.3 is 20.3 Å². The monoisotopic (exact) mass is 413 g/mol. The van der Waals surface area contributed by atoms with Crippen molar-refractivity contribution in [3.63, 3.8) is 0 Å². The van der Waals surface area contributed by atoms with E-state index in [9.17, 15) is 9.90 Å². The second-order valence-electron chi connectivity index (χ2n) is 10.5. The summed E-state index contributed by atoms with van der Waals surface area (Å²) < 4.78 is 10.8. The predicted molar refractivity (Wildman–Crippen MR) is 123 cm³/mol. The zero-order chi connectivity index (χ0) is 23.4. The van der Waals surface area contributed by atoms with E-state index in [0.29, 0.717) is 13.0 Å². The molecule has 1 heterocycles. The standard InChI is InChI=1S/C8H15BO2.C8H17NO2.C7H16/c1-6(2)10-5-7-3-4-8(9)11-7;1-7(2,6(9)10)5-8(3,4)11;1-6(2)5-7(3)4/h6-8H,3-5H2,1-2H3;11H,5H2,1-4H3,(H2,9,10);6-7H,5H2,1-4H3. The van der Waals surface area contributed by atoms with Crippen LogP contribution in [-0.2, 0) is 14.3 Å². The molecule has 6 heteroatoms. The quantitative estimate of drug-likeness (QED) is 0.577. The first-order valence-corrected chi connectivity index (χ1v) is 11.0. The van der Waals surface area contributed by atoms with Crippen LogP contribution in [0.2, 0.25) is 0 Å². The predicted octanol–water partition coefficient (Wildman–Crippen LogP) is 4.43. The Balaban J connectivity index is 0. The zero-order valence-electron chi connectivity index (χ0n) is 20.7. The molecule has 1 rings (SSSR count). The summed E-state index contributed by atoms with van der Waals surface area (Å²) >= 11 is 0. The van der Waals surface area contributed by atoms with Crippen molar-refractivity contribution in [1.82, 2.24) is 0 Å². The minimum absolute atomic E-state index is 0.0595. The molecule has 0 aromatic heterocycles. The number of rotatable bonds is 8. The van der Waals surface area contributed by atoms with Crippen molar-refractivity contribution in [3.8, 4) is 0 Å². The largest absolute Gasteiger partial charge is 0.390 e. The van der Waals surface area contributed by atoms with E-state index in [1.54, 1.807) is 27.7 Å². The lowest BCUT2D eigenvalue weighted by atomic mass is 9.81. The van der Waals surface area contributed by atoms with Gasteiger partial charge in [0.2, 0.25) is 5.91 Å². The highest BCUT2D eigenvalue weighted by Crippen LogP contribution is 2.26. The Bertz CT molecular complexity index is 425. The SMILES string of the molecule is CC(C)(O)CC(C)(C)C(N)=O.CC(C)CC(C)C.[B]C1CCC(COC(C)C)O1. The number of ether oxygens (including phenoxy) is 2. The molecule has 0 aromatic carbocycles. The van der Waals surface area contributed by atoms with E-state index in [1.165, 1.54) is 6.42 Å². The number of carbonyl (C=O) groups is 1. The van der Waals surface area contributed by atoms with Gasteiger partial charge in [-0.3, -0.25) is 4.79 Å². The fourth-order valence-electron chi connectivity index (χ4n) is 3.27. The highest BCUT2D eigenvalue weighted by Gasteiger charge is 2.31. The summed E-state index contributed by atoms with van der Waals surface area (Å²) in [6, 6.07) is -0.0595. The third-order valence-corrected chi connectivity index (χ3v) is 4.24. The first kappa shape index (κ1) is 30.6. The zero-order valence-corrected chi connectivity index (χ0v) is 20.7. The molecule has 1 amide bonds. The Kier molecular flexibility index (Phi) is 15.2. The van der Waals surface area contributed by atoms with Crippen LogP contribution in [0.1, 0.15) is 94.9 Å². The molecule has 29 heavy (non-hydrogen) atoms. The molecule has 1 saturated heterocycles. The van der Waals surface area contributed by atoms with Gasteiger partial charge in [0.15, 0.2) is 0 Å². The molecule has 0 spiro atoms. The number of hydrogen-bond donors (Lipinski definition) is 2. The van der Waals surface area contributed by atoms with Crippen molar-refractivity contribution in [1.29, 1.82) is 0 Å². The Morgan fingerprint density at radius 3 is 1.79 bits per heavy atom. The normalized spacial score (nSPS) is 19.7. The van der Waals surface area contributed by atoms with Crippen LogP contribution in [-0.4, -0.2) is 49.3 Å². The molecule has 2 unspecified atom stereocenters. The molecule has 172 valence electrons. The first-order chi connectivity index (χ1) is 13.0. The molecule has 1 aliphatic heterocycles. The molecule has 3 N–H and O–H groups in total. The van der Waals surface area contributed by atoms with Crippen molar-refractivity contribution in [2.75, 3.05) is 6.61 Å². The molecule has 1 fully saturated rings. The van der Waals surface area contributed by atoms with Crippen molar-refractivity contribution >= 4 is 13.8 Å². The lowest BCUT2D eigenvalue weighted by molar-refractivity contribution is -0.129. The first-order valence-electron chi connectivity index (χ1n) is 11.0. The maximum absolute atomic E-state index is 10.8. The van der Waals surface area contributed by atoms with Crippen LogP contribution >= 0.6 is 0 Å². The summed E-state index contributed by atoms with van der Waals surface area (Å²) in [5, 5.41) is 9.39. The molecular weight excluding hydrogens is 365 g/mol. The molecule has 2 atom stereocenters. The van der Waals surface area contributed by atoms with Crippen molar-refractivity contribution < 1.29 is 19.4 Å². The maximum atomic E-state index is 10.8. The summed E-state index contributed by atoms with van der Waals surface area (Å²) in [7, 11) is 5.55. The molecule has 1 aliphatic rings. The van der Waals surface area contributed by atoms with Crippen LogP contribution < -0.4 is 5.73 Å². The highest BCUT2D eigenvalue weighted by atomic mass is 16.5. The second kappa shape index (κ2) is 14.4. The fourth-order valence-corrected chi connectivity index (χ4v) is 3.27. The van der Waals surface area contributed by atoms with E-state index in [-0.39, 0.29) is 24.1 Å². The summed E-state index contributed by atoms with van der Waals surface area (Å²) in [6.45, 7) is 20.6. The molecule has 0 aliphatic carbocycles. The van der Waals surface area contributed by atoms with Gasteiger partial charge in [-0.1, -0.05) is 41.5 Å². The summed E-state index contributed by atoms with van der Waals surface area (Å²) in [5.41, 5.74) is 3.67. The van der Waals surface area contributed by atoms with E-state index in [0.717, 1.165) is 24.7 Å². The van der Waals surface area contributed by atoms with E-state index in [2.05, 4.69) is 27.7 Å². The van der Waals surface area contributed by atoms with Crippen LogP contribution in [0.4, 0.5) is 0 Å². The fraction of sp³-hybridized carbons (Fsp3) is 0.957. The van der Waals surface area contributed by atoms with Crippen molar-refractivity contribution in [3.05, 3.63) is 0 Å². The third-order valence-electron chi connectivity index (χ3n) is 4.24. The van der Waals surface area contributed by atoms with Gasteiger partial charge in [-0.2, -0.15) is 0 Å². The van der Waals surface area contributed by atoms with Gasteiger partial charge in [-0.05, 0) is 65.2 Å². The van der Waals surface area contributed by atoms with Crippen LogP contribution in [0, 0.1) is 17.3 Å². The highest BCUT2D eigenvalue weighted by molar-refractivity contribution is 6.11. The van der Waals surface area contributed by atoms with Gasteiger partial charge in [0.1, 0.15) is 7.85 Å². The topological polar surface area (TPSA) is 81.8 Å². The van der Waals surface area contributed by atoms with Crippen LogP contribution in [0.5, 0.6) is 0 Å². The summed E-state index contributed by atoms with van der Waals surface area (Å²) in [6.07, 6.45) is 4.26. The molecule has 0 saturated carbocycles. The number of aliphatic hydroxyl groups is 1. The Labute approximate surface area is 181 Å². The Hall–Kier alpha value is -0.585. The minimum Gasteiger partial charge on any atom is -0.390 e. The minimum atomic E-state index is -0.835. The van der Waals surface area contributed by atoms with E-state index in [1.807, 2.05) is 13.8 Å².